The Morgan fingerprint density at radius 1 is 1.33 bits per heavy atom. The first-order valence-corrected chi connectivity index (χ1v) is 5.30. The van der Waals surface area contributed by atoms with E-state index in [0.717, 1.165) is 17.3 Å². The quantitative estimate of drug-likeness (QED) is 0.579. The predicted octanol–water partition coefficient (Wildman–Crippen LogP) is 2.37. The average Bonchev–Trinajstić information content (AvgIpc) is 2.27. The van der Waals surface area contributed by atoms with Crippen LogP contribution in [0.4, 0.5) is 0 Å². The van der Waals surface area contributed by atoms with E-state index in [2.05, 4.69) is 25.8 Å². The Morgan fingerprint density at radius 3 is 2.42 bits per heavy atom. The largest absolute Gasteiger partial charge is 0.306 e. The monoisotopic (exact) mass is 167 g/mol. The van der Waals surface area contributed by atoms with Crippen LogP contribution < -0.4 is 0 Å². The van der Waals surface area contributed by atoms with Crippen LogP contribution in [0.25, 0.3) is 0 Å². The molecular weight excluding hydrogens is 146 g/mol. The Balaban J connectivity index is 1.87. The summed E-state index contributed by atoms with van der Waals surface area (Å²) in [7, 11) is 2.26. The zero-order valence-corrected chi connectivity index (χ0v) is 8.64. The standard InChI is InChI=1S/C11H21N/c1-9(2)10-6-11(7-10)4-5-12(3)8-11/h9-10H,4-8H2,1-3H3. The SMILES string of the molecule is CC(C)C1CC2(CCN(C)C2)C1. The van der Waals surface area contributed by atoms with E-state index >= 15 is 0 Å². The first-order valence-electron chi connectivity index (χ1n) is 5.30. The van der Waals surface area contributed by atoms with Crippen LogP contribution in [0.3, 0.4) is 0 Å². The highest BCUT2D eigenvalue weighted by Gasteiger charge is 2.47. The van der Waals surface area contributed by atoms with Crippen LogP contribution in [0.15, 0.2) is 0 Å². The fraction of sp³-hybridized carbons (Fsp3) is 1.00. The van der Waals surface area contributed by atoms with Crippen LogP contribution in [0.2, 0.25) is 0 Å². The first kappa shape index (κ1) is 8.55. The third-order valence-corrected chi connectivity index (χ3v) is 3.96. The highest BCUT2D eigenvalue weighted by molar-refractivity contribution is 4.99. The highest BCUT2D eigenvalue weighted by Crippen LogP contribution is 2.53. The minimum Gasteiger partial charge on any atom is -0.306 e. The second-order valence-electron chi connectivity index (χ2n) is 5.40. The maximum absolute atomic E-state index is 2.50. The molecule has 1 heterocycles. The summed E-state index contributed by atoms with van der Waals surface area (Å²) in [4.78, 5) is 2.50. The van der Waals surface area contributed by atoms with Gasteiger partial charge in [0.2, 0.25) is 0 Å². The number of nitrogens with zero attached hydrogens (tertiary/aromatic N) is 1. The van der Waals surface area contributed by atoms with Crippen molar-refractivity contribution in [1.82, 2.24) is 4.90 Å². The molecule has 1 heteroatoms. The number of rotatable bonds is 1. The van der Waals surface area contributed by atoms with Gasteiger partial charge in [-0.05, 0) is 50.1 Å². The minimum absolute atomic E-state index is 0.768. The van der Waals surface area contributed by atoms with Crippen molar-refractivity contribution in [2.24, 2.45) is 17.3 Å². The highest BCUT2D eigenvalue weighted by atomic mass is 15.1. The third kappa shape index (κ3) is 1.28. The molecule has 1 spiro atoms. The van der Waals surface area contributed by atoms with Gasteiger partial charge in [-0.3, -0.25) is 0 Å². The first-order chi connectivity index (χ1) is 5.61. The Hall–Kier alpha value is -0.0400. The molecule has 0 radical (unpaired) electrons. The van der Waals surface area contributed by atoms with E-state index in [1.54, 1.807) is 0 Å². The van der Waals surface area contributed by atoms with Gasteiger partial charge in [0.1, 0.15) is 0 Å². The summed E-state index contributed by atoms with van der Waals surface area (Å²) >= 11 is 0. The molecule has 0 N–H and O–H groups in total. The molecule has 1 saturated carbocycles. The minimum atomic E-state index is 0.768. The zero-order valence-electron chi connectivity index (χ0n) is 8.64. The fourth-order valence-corrected chi connectivity index (χ4v) is 3.02. The molecule has 0 aromatic rings. The topological polar surface area (TPSA) is 3.24 Å². The molecule has 1 nitrogen and oxygen atoms in total. The van der Waals surface area contributed by atoms with Gasteiger partial charge >= 0.3 is 0 Å². The van der Waals surface area contributed by atoms with Crippen LogP contribution in [-0.4, -0.2) is 25.0 Å². The molecule has 0 aromatic heterocycles. The average molecular weight is 167 g/mol. The lowest BCUT2D eigenvalue weighted by molar-refractivity contribution is 0.0363. The molecule has 1 saturated heterocycles. The van der Waals surface area contributed by atoms with Gasteiger partial charge in [-0.2, -0.15) is 0 Å². The van der Waals surface area contributed by atoms with Crippen LogP contribution in [0, 0.1) is 17.3 Å². The van der Waals surface area contributed by atoms with Crippen molar-refractivity contribution in [2.45, 2.75) is 33.1 Å². The van der Waals surface area contributed by atoms with Crippen LogP contribution >= 0.6 is 0 Å². The van der Waals surface area contributed by atoms with Crippen molar-refractivity contribution in [3.8, 4) is 0 Å². The van der Waals surface area contributed by atoms with Gasteiger partial charge in [-0.1, -0.05) is 13.8 Å². The van der Waals surface area contributed by atoms with Crippen LogP contribution in [0.5, 0.6) is 0 Å². The number of likely N-dealkylation sites (tertiary alicyclic amines) is 1. The summed E-state index contributed by atoms with van der Waals surface area (Å²) in [5, 5.41) is 0. The van der Waals surface area contributed by atoms with E-state index in [4.69, 9.17) is 0 Å². The molecule has 0 bridgehead atoms. The Kier molecular flexibility index (Phi) is 1.95. The van der Waals surface area contributed by atoms with Gasteiger partial charge in [0.05, 0.1) is 0 Å². The van der Waals surface area contributed by atoms with E-state index < -0.39 is 0 Å². The number of hydrogen-bond donors (Lipinski definition) is 0. The summed E-state index contributed by atoms with van der Waals surface area (Å²) in [5.41, 5.74) is 0.768. The normalized spacial score (nSPS) is 42.5. The van der Waals surface area contributed by atoms with Gasteiger partial charge in [-0.15, -0.1) is 0 Å². The van der Waals surface area contributed by atoms with Crippen molar-refractivity contribution in [3.05, 3.63) is 0 Å². The van der Waals surface area contributed by atoms with Crippen molar-refractivity contribution in [1.29, 1.82) is 0 Å². The summed E-state index contributed by atoms with van der Waals surface area (Å²) in [6.07, 6.45) is 4.48. The lowest BCUT2D eigenvalue weighted by atomic mass is 9.58. The molecule has 2 aliphatic rings. The second kappa shape index (κ2) is 2.73. The van der Waals surface area contributed by atoms with Crippen molar-refractivity contribution >= 4 is 0 Å². The van der Waals surface area contributed by atoms with Gasteiger partial charge in [0, 0.05) is 6.54 Å². The molecule has 1 aliphatic carbocycles. The maximum Gasteiger partial charge on any atom is 0.00356 e. The van der Waals surface area contributed by atoms with E-state index in [1.807, 2.05) is 0 Å². The zero-order chi connectivity index (χ0) is 8.77. The van der Waals surface area contributed by atoms with Gasteiger partial charge in [0.15, 0.2) is 0 Å². The molecule has 0 aromatic carbocycles. The van der Waals surface area contributed by atoms with Crippen LogP contribution in [-0.2, 0) is 0 Å². The summed E-state index contributed by atoms with van der Waals surface area (Å²) in [5.74, 6) is 1.96. The van der Waals surface area contributed by atoms with Crippen molar-refractivity contribution in [3.63, 3.8) is 0 Å². The Bertz CT molecular complexity index is 168. The van der Waals surface area contributed by atoms with E-state index in [0.29, 0.717) is 0 Å². The predicted molar refractivity (Wildman–Crippen MR) is 52.1 cm³/mol. The molecule has 1 aliphatic heterocycles. The van der Waals surface area contributed by atoms with E-state index in [1.165, 1.54) is 32.4 Å². The van der Waals surface area contributed by atoms with Gasteiger partial charge < -0.3 is 4.90 Å². The van der Waals surface area contributed by atoms with Crippen LogP contribution in [0.1, 0.15) is 33.1 Å². The lowest BCUT2D eigenvalue weighted by Gasteiger charge is -2.47. The molecule has 2 fully saturated rings. The maximum atomic E-state index is 2.50. The van der Waals surface area contributed by atoms with Crippen molar-refractivity contribution in [2.75, 3.05) is 20.1 Å². The smallest absolute Gasteiger partial charge is 0.00356 e. The van der Waals surface area contributed by atoms with E-state index in [-0.39, 0.29) is 0 Å². The molecule has 0 amide bonds. The Morgan fingerprint density at radius 2 is 2.00 bits per heavy atom. The molecular formula is C11H21N. The third-order valence-electron chi connectivity index (χ3n) is 3.96. The summed E-state index contributed by atoms with van der Waals surface area (Å²) < 4.78 is 0. The van der Waals surface area contributed by atoms with Gasteiger partial charge in [-0.25, -0.2) is 0 Å². The van der Waals surface area contributed by atoms with Gasteiger partial charge in [0.25, 0.3) is 0 Å². The molecule has 2 rings (SSSR count). The molecule has 0 unspecified atom stereocenters. The molecule has 70 valence electrons. The van der Waals surface area contributed by atoms with E-state index in [9.17, 15) is 0 Å². The van der Waals surface area contributed by atoms with Crippen molar-refractivity contribution < 1.29 is 0 Å². The molecule has 0 atom stereocenters. The summed E-state index contributed by atoms with van der Waals surface area (Å²) in [6, 6.07) is 0. The molecule has 12 heavy (non-hydrogen) atoms. The lowest BCUT2D eigenvalue weighted by Crippen LogP contribution is -2.41. The second-order valence-corrected chi connectivity index (χ2v) is 5.40. The Labute approximate surface area is 76.1 Å². The fourth-order valence-electron chi connectivity index (χ4n) is 3.02. The number of hydrogen-bond acceptors (Lipinski definition) is 1. The summed E-state index contributed by atoms with van der Waals surface area (Å²) in [6.45, 7) is 7.45.